The van der Waals surface area contributed by atoms with Crippen LogP contribution in [0.4, 0.5) is 0 Å². The molecule has 2 saturated heterocycles. The maximum absolute atomic E-state index is 12.5. The summed E-state index contributed by atoms with van der Waals surface area (Å²) in [5.74, 6) is 1.59. The molecule has 10 atom stereocenters. The molecule has 0 aromatic rings. The van der Waals surface area contributed by atoms with E-state index in [1.165, 1.54) is 19.3 Å². The highest BCUT2D eigenvalue weighted by atomic mass is 16.3. The van der Waals surface area contributed by atoms with Crippen molar-refractivity contribution < 1.29 is 15.3 Å². The molecule has 0 aromatic carbocycles. The number of likely N-dealkylation sites (tertiary alicyclic amines) is 1. The second-order valence-corrected chi connectivity index (χ2v) is 14.1. The Morgan fingerprint density at radius 1 is 0.771 bits per heavy atom. The molecule has 6 nitrogen and oxygen atoms in total. The minimum absolute atomic E-state index is 0.0123. The van der Waals surface area contributed by atoms with Crippen LogP contribution in [0.15, 0.2) is 0 Å². The molecule has 3 N–H and O–H groups in total. The largest absolute Gasteiger partial charge is 0.393 e. The Kier molecular flexibility index (Phi) is 6.38. The van der Waals surface area contributed by atoms with Gasteiger partial charge in [-0.05, 0) is 94.7 Å². The Morgan fingerprint density at radius 2 is 1.49 bits per heavy atom. The van der Waals surface area contributed by atoms with E-state index in [0.717, 1.165) is 77.8 Å². The first-order valence-corrected chi connectivity index (χ1v) is 14.9. The van der Waals surface area contributed by atoms with Gasteiger partial charge in [0.1, 0.15) is 0 Å². The van der Waals surface area contributed by atoms with Crippen molar-refractivity contribution in [3.63, 3.8) is 0 Å². The van der Waals surface area contributed by atoms with Gasteiger partial charge in [0, 0.05) is 50.1 Å². The van der Waals surface area contributed by atoms with Crippen LogP contribution in [0.1, 0.15) is 78.1 Å². The van der Waals surface area contributed by atoms with E-state index in [1.807, 2.05) is 0 Å². The lowest BCUT2D eigenvalue weighted by Crippen LogP contribution is -2.72. The van der Waals surface area contributed by atoms with Gasteiger partial charge < -0.3 is 20.2 Å². The molecule has 0 radical (unpaired) electrons. The number of aliphatic hydroxyl groups excluding tert-OH is 2. The number of fused-ring (bicyclic) bond motifs is 5. The number of rotatable bonds is 2. The van der Waals surface area contributed by atoms with Gasteiger partial charge in [-0.2, -0.15) is 0 Å². The Balaban J connectivity index is 1.33. The van der Waals surface area contributed by atoms with Crippen LogP contribution in [0.5, 0.6) is 0 Å². The second kappa shape index (κ2) is 8.91. The number of piperazine rings is 1. The van der Waals surface area contributed by atoms with Gasteiger partial charge in [-0.25, -0.2) is 0 Å². The number of likely N-dealkylation sites (N-methyl/N-ethyl adjacent to an activating group) is 1. The lowest BCUT2D eigenvalue weighted by Gasteiger charge is -2.67. The molecule has 2 aliphatic heterocycles. The zero-order chi connectivity index (χ0) is 24.6. The van der Waals surface area contributed by atoms with Crippen molar-refractivity contribution in [2.24, 2.45) is 28.6 Å². The summed E-state index contributed by atoms with van der Waals surface area (Å²) in [7, 11) is 2.21. The van der Waals surface area contributed by atoms with Crippen molar-refractivity contribution in [2.45, 2.75) is 108 Å². The highest BCUT2D eigenvalue weighted by Gasteiger charge is 2.69. The fraction of sp³-hybridized carbons (Fsp3) is 1.00. The van der Waals surface area contributed by atoms with Crippen molar-refractivity contribution in [2.75, 3.05) is 46.3 Å². The summed E-state index contributed by atoms with van der Waals surface area (Å²) in [6.45, 7) is 11.3. The SMILES string of the molecule is CN1CCN(C2C[C@H]3[C@@H]4CC(N5CCCCC5)C5(O)CC(O)CC[C@]5(C)[C@@H]4CC[C@]3(C)C2O)CC1. The van der Waals surface area contributed by atoms with E-state index in [9.17, 15) is 15.3 Å². The maximum Gasteiger partial charge on any atom is 0.0882 e. The molecule has 35 heavy (non-hydrogen) atoms. The fourth-order valence-electron chi connectivity index (χ4n) is 10.4. The van der Waals surface area contributed by atoms with Crippen LogP contribution < -0.4 is 0 Å². The van der Waals surface area contributed by atoms with Gasteiger partial charge in [-0.1, -0.05) is 20.3 Å². The van der Waals surface area contributed by atoms with Crippen molar-refractivity contribution in [1.29, 1.82) is 0 Å². The summed E-state index contributed by atoms with van der Waals surface area (Å²) in [6, 6.07) is 0.430. The maximum atomic E-state index is 12.5. The fourth-order valence-corrected chi connectivity index (χ4v) is 10.4. The minimum Gasteiger partial charge on any atom is -0.393 e. The Morgan fingerprint density at radius 3 is 2.20 bits per heavy atom. The molecule has 0 amide bonds. The van der Waals surface area contributed by atoms with Crippen LogP contribution in [-0.4, -0.2) is 106 Å². The van der Waals surface area contributed by atoms with Gasteiger partial charge in [0.25, 0.3) is 0 Å². The van der Waals surface area contributed by atoms with Gasteiger partial charge in [0.05, 0.1) is 17.8 Å². The van der Waals surface area contributed by atoms with Crippen LogP contribution in [0.3, 0.4) is 0 Å². The van der Waals surface area contributed by atoms with E-state index in [-0.39, 0.29) is 35.1 Å². The average Bonchev–Trinajstić information content (AvgIpc) is 3.11. The summed E-state index contributed by atoms with van der Waals surface area (Å²) < 4.78 is 0. The standard InChI is InChI=1S/C29H51N3O3/c1-27-9-8-22-21(23(27)18-24(26(27)34)31-15-13-30(3)14-16-31)17-25(32-11-5-4-6-12-32)29(35)19-20(33)7-10-28(22,29)2/h20-26,33-35H,4-19H2,1-3H3/t20?,21-,22-,23+,24?,25?,26?,27+,28-,29?/m1/s1. The van der Waals surface area contributed by atoms with Crippen LogP contribution in [0.2, 0.25) is 0 Å². The van der Waals surface area contributed by atoms with Gasteiger partial charge in [-0.15, -0.1) is 0 Å². The second-order valence-electron chi connectivity index (χ2n) is 14.1. The highest BCUT2D eigenvalue weighted by Crippen LogP contribution is 2.68. The van der Waals surface area contributed by atoms with Gasteiger partial charge >= 0.3 is 0 Å². The van der Waals surface area contributed by atoms with Crippen molar-refractivity contribution in [3.05, 3.63) is 0 Å². The molecule has 2 heterocycles. The molecule has 200 valence electrons. The molecule has 6 rings (SSSR count). The van der Waals surface area contributed by atoms with E-state index in [2.05, 4.69) is 35.6 Å². The number of nitrogens with zero attached hydrogens (tertiary/aromatic N) is 3. The smallest absolute Gasteiger partial charge is 0.0882 e. The lowest BCUT2D eigenvalue weighted by atomic mass is 9.42. The predicted octanol–water partition coefficient (Wildman–Crippen LogP) is 2.56. The normalized spacial score (nSPS) is 54.2. The molecule has 0 aromatic heterocycles. The Hall–Kier alpha value is -0.240. The molecular formula is C29H51N3O3. The van der Waals surface area contributed by atoms with Crippen molar-refractivity contribution >= 4 is 0 Å². The zero-order valence-electron chi connectivity index (χ0n) is 22.5. The Labute approximate surface area is 213 Å². The van der Waals surface area contributed by atoms with Crippen LogP contribution in [0.25, 0.3) is 0 Å². The summed E-state index contributed by atoms with van der Waals surface area (Å²) in [5.41, 5.74) is -0.956. The third-order valence-corrected chi connectivity index (χ3v) is 12.6. The summed E-state index contributed by atoms with van der Waals surface area (Å²) in [5, 5.41) is 35.1. The molecular weight excluding hydrogens is 438 g/mol. The van der Waals surface area contributed by atoms with Gasteiger partial charge in [-0.3, -0.25) is 9.80 Å². The van der Waals surface area contributed by atoms with Gasteiger partial charge in [0.2, 0.25) is 0 Å². The predicted molar refractivity (Wildman–Crippen MR) is 138 cm³/mol. The van der Waals surface area contributed by atoms with Crippen LogP contribution in [-0.2, 0) is 0 Å². The lowest BCUT2D eigenvalue weighted by molar-refractivity contribution is -0.253. The van der Waals surface area contributed by atoms with E-state index in [4.69, 9.17) is 0 Å². The third-order valence-electron chi connectivity index (χ3n) is 12.6. The first-order chi connectivity index (χ1) is 16.7. The van der Waals surface area contributed by atoms with Crippen LogP contribution >= 0.6 is 0 Å². The number of hydrogen-bond donors (Lipinski definition) is 3. The van der Waals surface area contributed by atoms with Crippen molar-refractivity contribution in [1.82, 2.24) is 14.7 Å². The van der Waals surface area contributed by atoms with Gasteiger partial charge in [0.15, 0.2) is 0 Å². The molecule has 6 fully saturated rings. The molecule has 0 bridgehead atoms. The molecule has 4 saturated carbocycles. The average molecular weight is 490 g/mol. The van der Waals surface area contributed by atoms with E-state index >= 15 is 0 Å². The minimum atomic E-state index is -0.801. The molecule has 4 aliphatic carbocycles. The molecule has 5 unspecified atom stereocenters. The monoisotopic (exact) mass is 489 g/mol. The summed E-state index contributed by atoms with van der Waals surface area (Å²) >= 11 is 0. The van der Waals surface area contributed by atoms with E-state index < -0.39 is 5.60 Å². The summed E-state index contributed by atoms with van der Waals surface area (Å²) in [4.78, 5) is 7.63. The first kappa shape index (κ1) is 25.1. The van der Waals surface area contributed by atoms with Crippen molar-refractivity contribution in [3.8, 4) is 0 Å². The van der Waals surface area contributed by atoms with E-state index in [1.54, 1.807) is 0 Å². The Bertz CT molecular complexity index is 783. The topological polar surface area (TPSA) is 70.4 Å². The summed E-state index contributed by atoms with van der Waals surface area (Å²) in [6.07, 6.45) is 9.80. The van der Waals surface area contributed by atoms with Crippen LogP contribution in [0, 0.1) is 28.6 Å². The first-order valence-electron chi connectivity index (χ1n) is 14.9. The molecule has 0 spiro atoms. The zero-order valence-corrected chi connectivity index (χ0v) is 22.5. The molecule has 6 aliphatic rings. The van der Waals surface area contributed by atoms with E-state index in [0.29, 0.717) is 24.2 Å². The highest BCUT2D eigenvalue weighted by molar-refractivity contribution is 5.20. The number of aliphatic hydroxyl groups is 3. The quantitative estimate of drug-likeness (QED) is 0.554. The third kappa shape index (κ3) is 3.71. The number of piperidine rings is 1. The molecule has 6 heteroatoms. The number of hydrogen-bond acceptors (Lipinski definition) is 6.